The average Bonchev–Trinajstić information content (AvgIpc) is 3.10. The zero-order valence-corrected chi connectivity index (χ0v) is 33.8. The van der Waals surface area contributed by atoms with E-state index in [2.05, 4.69) is 47.6 Å². The molecule has 5 N–H and O–H groups in total. The Morgan fingerprint density at radius 3 is 2.19 bits per heavy atom. The van der Waals surface area contributed by atoms with Crippen LogP contribution in [-0.4, -0.2) is 99.3 Å². The van der Waals surface area contributed by atoms with Gasteiger partial charge in [-0.3, -0.25) is 4.79 Å². The molecule has 5 aliphatic carbocycles. The van der Waals surface area contributed by atoms with Gasteiger partial charge in [-0.05, 0) is 123 Å². The Bertz CT molecular complexity index is 1410. The van der Waals surface area contributed by atoms with Crippen molar-refractivity contribution < 1.29 is 49.3 Å². The molecule has 0 aromatic rings. The summed E-state index contributed by atoms with van der Waals surface area (Å²) in [4.78, 5) is 13.5. The summed E-state index contributed by atoms with van der Waals surface area (Å²) in [5.74, 6) is 1.49. The Balaban J connectivity index is 1.11. The summed E-state index contributed by atoms with van der Waals surface area (Å²) >= 11 is 0. The van der Waals surface area contributed by atoms with Gasteiger partial charge in [0.1, 0.15) is 36.3 Å². The molecule has 0 radical (unpaired) electrons. The summed E-state index contributed by atoms with van der Waals surface area (Å²) in [5.41, 5.74) is 1.96. The molecule has 19 atom stereocenters. The van der Waals surface area contributed by atoms with E-state index in [9.17, 15) is 30.3 Å². The summed E-state index contributed by atoms with van der Waals surface area (Å²) < 4.78 is 25.2. The summed E-state index contributed by atoms with van der Waals surface area (Å²) in [6, 6.07) is 0. The molecule has 0 aromatic heterocycles. The van der Waals surface area contributed by atoms with Crippen molar-refractivity contribution in [1.82, 2.24) is 0 Å². The van der Waals surface area contributed by atoms with Crippen molar-refractivity contribution in [1.29, 1.82) is 0 Å². The van der Waals surface area contributed by atoms with E-state index >= 15 is 0 Å². The second-order valence-electron chi connectivity index (χ2n) is 20.4. The van der Waals surface area contributed by atoms with Crippen LogP contribution in [0.25, 0.3) is 0 Å². The standard InChI is InChI=1S/C43H70O10/c1-22-26-12-15-42(9)31(11-10-27-28-20-39(5,6)16-18-43(28,25(4)45)19-17-41(27,42)8)40(26,7)14-13-29(22)51-38-36(23(2)32(46)24(3)50-38)53-37-35(49)34(48)33(47)30(21-44)52-37/h10,22-24,26,28-38,44,46-49H,11-21H2,1-9H3/t22?,23-,24?,26-,28?,29-,30?,31?,32-,33-,34-,35?,36?,37-,38-,40?,41+,42-,43+/m0/s1. The van der Waals surface area contributed by atoms with Crippen molar-refractivity contribution in [3.63, 3.8) is 0 Å². The van der Waals surface area contributed by atoms with Gasteiger partial charge in [0.05, 0.1) is 24.9 Å². The van der Waals surface area contributed by atoms with E-state index < -0.39 is 67.8 Å². The van der Waals surface area contributed by atoms with Gasteiger partial charge in [-0.2, -0.15) is 0 Å². The van der Waals surface area contributed by atoms with Gasteiger partial charge in [0.15, 0.2) is 12.6 Å². The fourth-order valence-electron chi connectivity index (χ4n) is 13.7. The Kier molecular flexibility index (Phi) is 10.5. The Hall–Kier alpha value is -0.950. The molecular weight excluding hydrogens is 676 g/mol. The van der Waals surface area contributed by atoms with Crippen molar-refractivity contribution >= 4 is 5.78 Å². The number of carbonyl (C=O) groups excluding carboxylic acids is 1. The number of rotatable bonds is 6. The number of hydrogen-bond acceptors (Lipinski definition) is 10. The molecule has 0 bridgehead atoms. The van der Waals surface area contributed by atoms with Crippen LogP contribution in [0.2, 0.25) is 0 Å². The van der Waals surface area contributed by atoms with E-state index in [4.69, 9.17) is 18.9 Å². The van der Waals surface area contributed by atoms with E-state index in [-0.39, 0.29) is 39.1 Å². The first-order valence-electron chi connectivity index (χ1n) is 20.9. The van der Waals surface area contributed by atoms with Crippen LogP contribution in [0.5, 0.6) is 0 Å². The molecule has 302 valence electrons. The SMILES string of the molecule is CC(=O)[C@]12CCC(C)(C)CC1C1=CCC3C4(C)CC[C@H](O[C@@H]5OC(C)[C@@H](O)[C@H](C)C5O[C@@H]5OC(CO)[C@H](O)[C@H](O)C5O)C(C)[C@@H]4CC[C@]3(C)[C@]1(C)CC2. The molecule has 0 aromatic carbocycles. The highest BCUT2D eigenvalue weighted by molar-refractivity contribution is 5.84. The third-order valence-electron chi connectivity index (χ3n) is 17.5. The van der Waals surface area contributed by atoms with Crippen LogP contribution in [0.15, 0.2) is 11.6 Å². The first-order chi connectivity index (χ1) is 24.7. The fraction of sp³-hybridized carbons (Fsp3) is 0.930. The van der Waals surface area contributed by atoms with Gasteiger partial charge >= 0.3 is 0 Å². The number of ketones is 1. The molecule has 0 spiro atoms. The molecule has 7 aliphatic rings. The zero-order chi connectivity index (χ0) is 38.6. The van der Waals surface area contributed by atoms with E-state index in [1.807, 2.05) is 20.8 Å². The minimum absolute atomic E-state index is 0.0650. The van der Waals surface area contributed by atoms with Gasteiger partial charge in [0.25, 0.3) is 0 Å². The summed E-state index contributed by atoms with van der Waals surface area (Å²) in [5, 5.41) is 52.3. The van der Waals surface area contributed by atoms with Crippen LogP contribution in [-0.2, 0) is 23.7 Å². The maximum absolute atomic E-state index is 13.5. The van der Waals surface area contributed by atoms with E-state index in [1.165, 1.54) is 0 Å². The molecule has 2 heterocycles. The smallest absolute Gasteiger partial charge is 0.187 e. The Labute approximate surface area is 317 Å². The zero-order valence-electron chi connectivity index (χ0n) is 33.8. The number of carbonyl (C=O) groups is 1. The molecule has 6 fully saturated rings. The van der Waals surface area contributed by atoms with Crippen molar-refractivity contribution in [2.75, 3.05) is 6.61 Å². The summed E-state index contributed by atoms with van der Waals surface area (Å²) in [6.07, 6.45) is 2.87. The third-order valence-corrected chi connectivity index (χ3v) is 17.5. The van der Waals surface area contributed by atoms with Gasteiger partial charge < -0.3 is 44.5 Å². The molecule has 0 amide bonds. The number of aliphatic hydroxyl groups is 5. The van der Waals surface area contributed by atoms with Crippen LogP contribution in [0.3, 0.4) is 0 Å². The normalized spacial score (nSPS) is 55.1. The molecule has 2 aliphatic heterocycles. The van der Waals surface area contributed by atoms with Crippen LogP contribution >= 0.6 is 0 Å². The first kappa shape index (κ1) is 40.3. The lowest BCUT2D eigenvalue weighted by atomic mass is 9.34. The minimum Gasteiger partial charge on any atom is -0.394 e. The lowest BCUT2D eigenvalue weighted by Crippen LogP contribution is -2.64. The van der Waals surface area contributed by atoms with Gasteiger partial charge in [-0.15, -0.1) is 0 Å². The lowest BCUT2D eigenvalue weighted by Gasteiger charge is -2.70. The maximum Gasteiger partial charge on any atom is 0.187 e. The lowest BCUT2D eigenvalue weighted by molar-refractivity contribution is -0.366. The Morgan fingerprint density at radius 2 is 1.51 bits per heavy atom. The van der Waals surface area contributed by atoms with Crippen LogP contribution in [0.4, 0.5) is 0 Å². The quantitative estimate of drug-likeness (QED) is 0.179. The van der Waals surface area contributed by atoms with Gasteiger partial charge in [0, 0.05) is 11.3 Å². The van der Waals surface area contributed by atoms with Gasteiger partial charge in [-0.1, -0.05) is 60.1 Å². The monoisotopic (exact) mass is 746 g/mol. The van der Waals surface area contributed by atoms with Crippen molar-refractivity contribution in [3.05, 3.63) is 11.6 Å². The predicted molar refractivity (Wildman–Crippen MR) is 198 cm³/mol. The second-order valence-corrected chi connectivity index (χ2v) is 20.4. The number of Topliss-reactive ketones (excluding diaryl/α,β-unsaturated/α-hetero) is 1. The molecule has 10 heteroatoms. The topological polar surface area (TPSA) is 155 Å². The molecular formula is C43H70O10. The number of fused-ring (bicyclic) bond motifs is 7. The highest BCUT2D eigenvalue weighted by atomic mass is 16.8. The van der Waals surface area contributed by atoms with E-state index in [0.29, 0.717) is 23.5 Å². The Morgan fingerprint density at radius 1 is 0.811 bits per heavy atom. The number of allylic oxidation sites excluding steroid dienone is 2. The van der Waals surface area contributed by atoms with Crippen molar-refractivity contribution in [2.45, 2.75) is 188 Å². The largest absolute Gasteiger partial charge is 0.394 e. The molecule has 2 saturated heterocycles. The molecule has 8 unspecified atom stereocenters. The average molecular weight is 747 g/mol. The van der Waals surface area contributed by atoms with Crippen molar-refractivity contribution in [2.24, 2.45) is 56.7 Å². The molecule has 10 nitrogen and oxygen atoms in total. The summed E-state index contributed by atoms with van der Waals surface area (Å²) in [6.45, 7) is 19.8. The molecule has 53 heavy (non-hydrogen) atoms. The molecule has 4 saturated carbocycles. The number of hydrogen-bond donors (Lipinski definition) is 5. The van der Waals surface area contributed by atoms with Crippen LogP contribution in [0.1, 0.15) is 127 Å². The first-order valence-corrected chi connectivity index (χ1v) is 20.9. The second kappa shape index (κ2) is 13.9. The van der Waals surface area contributed by atoms with Gasteiger partial charge in [0.2, 0.25) is 0 Å². The van der Waals surface area contributed by atoms with Gasteiger partial charge in [-0.25, -0.2) is 0 Å². The van der Waals surface area contributed by atoms with E-state index in [1.54, 1.807) is 5.57 Å². The molecule has 7 rings (SSSR count). The number of ether oxygens (including phenoxy) is 4. The predicted octanol–water partition coefficient (Wildman–Crippen LogP) is 5.30. The fourth-order valence-corrected chi connectivity index (χ4v) is 13.7. The highest BCUT2D eigenvalue weighted by Gasteiger charge is 2.68. The highest BCUT2D eigenvalue weighted by Crippen LogP contribution is 2.75. The van der Waals surface area contributed by atoms with Crippen LogP contribution < -0.4 is 0 Å². The van der Waals surface area contributed by atoms with E-state index in [0.717, 1.165) is 64.2 Å². The summed E-state index contributed by atoms with van der Waals surface area (Å²) in [7, 11) is 0. The maximum atomic E-state index is 13.5. The van der Waals surface area contributed by atoms with Crippen LogP contribution in [0, 0.1) is 56.7 Å². The van der Waals surface area contributed by atoms with Crippen molar-refractivity contribution in [3.8, 4) is 0 Å². The minimum atomic E-state index is -1.57. The third kappa shape index (κ3) is 6.09. The number of aliphatic hydroxyl groups excluding tert-OH is 5.